The van der Waals surface area contributed by atoms with Crippen LogP contribution in [0.1, 0.15) is 32.1 Å². The molecule has 0 saturated carbocycles. The Morgan fingerprint density at radius 3 is 2.82 bits per heavy atom. The molecule has 2 heteroatoms. The van der Waals surface area contributed by atoms with Crippen LogP contribution in [0, 0.1) is 0 Å². The van der Waals surface area contributed by atoms with Crippen molar-refractivity contribution in [3.05, 3.63) is 0 Å². The quantitative estimate of drug-likeness (QED) is 0.521. The van der Waals surface area contributed by atoms with Crippen molar-refractivity contribution in [2.75, 3.05) is 13.1 Å². The van der Waals surface area contributed by atoms with Crippen molar-refractivity contribution in [1.29, 1.82) is 0 Å². The zero-order valence-corrected chi connectivity index (χ0v) is 6.88. The second-order valence-electron chi connectivity index (χ2n) is 3.62. The summed E-state index contributed by atoms with van der Waals surface area (Å²) in [6.07, 6.45) is 5.60. The van der Waals surface area contributed by atoms with E-state index in [0.29, 0.717) is 11.8 Å². The van der Waals surface area contributed by atoms with Crippen molar-refractivity contribution in [3.63, 3.8) is 0 Å². The number of nitrogens with zero attached hydrogens (tertiary/aromatic N) is 1. The first-order valence-electron chi connectivity index (χ1n) is 4.65. The van der Waals surface area contributed by atoms with Gasteiger partial charge in [-0.3, -0.25) is 9.69 Å². The summed E-state index contributed by atoms with van der Waals surface area (Å²) in [6, 6.07) is 0.317. The first kappa shape index (κ1) is 7.29. The lowest BCUT2D eigenvalue weighted by atomic mass is 9.92. The molecule has 0 aromatic heterocycles. The molecule has 0 aromatic carbocycles. The molecular weight excluding hydrogens is 138 g/mol. The predicted octanol–water partition coefficient (Wildman–Crippen LogP) is 1.20. The minimum absolute atomic E-state index is 0.317. The van der Waals surface area contributed by atoms with E-state index >= 15 is 0 Å². The Labute approximate surface area is 67.6 Å². The molecule has 0 aromatic rings. The van der Waals surface area contributed by atoms with Gasteiger partial charge in [-0.2, -0.15) is 0 Å². The van der Waals surface area contributed by atoms with Crippen molar-refractivity contribution in [2.24, 2.45) is 0 Å². The number of ketones is 1. The third kappa shape index (κ3) is 1.32. The molecule has 62 valence electrons. The maximum Gasteiger partial charge on any atom is 0.150 e. The molecule has 0 amide bonds. The average molecular weight is 153 g/mol. The van der Waals surface area contributed by atoms with Crippen molar-refractivity contribution in [3.8, 4) is 0 Å². The van der Waals surface area contributed by atoms with E-state index in [9.17, 15) is 4.79 Å². The Morgan fingerprint density at radius 1 is 1.18 bits per heavy atom. The Morgan fingerprint density at radius 2 is 2.00 bits per heavy atom. The maximum atomic E-state index is 11.4. The van der Waals surface area contributed by atoms with Crippen LogP contribution in [0.3, 0.4) is 0 Å². The van der Waals surface area contributed by atoms with Crippen LogP contribution in [0.25, 0.3) is 0 Å². The maximum absolute atomic E-state index is 11.4. The van der Waals surface area contributed by atoms with Crippen LogP contribution in [0.2, 0.25) is 0 Å². The molecule has 1 atom stereocenters. The third-order valence-electron chi connectivity index (χ3n) is 2.85. The molecule has 11 heavy (non-hydrogen) atoms. The smallest absolute Gasteiger partial charge is 0.150 e. The SMILES string of the molecule is O=C1CCCN2CCCC[C@H]12. The highest BCUT2D eigenvalue weighted by Crippen LogP contribution is 2.23. The molecule has 0 radical (unpaired) electrons. The van der Waals surface area contributed by atoms with Crippen molar-refractivity contribution in [2.45, 2.75) is 38.1 Å². The van der Waals surface area contributed by atoms with Gasteiger partial charge in [-0.25, -0.2) is 0 Å². The second-order valence-corrected chi connectivity index (χ2v) is 3.62. The molecule has 2 heterocycles. The van der Waals surface area contributed by atoms with Gasteiger partial charge in [0.05, 0.1) is 6.04 Å². The van der Waals surface area contributed by atoms with E-state index in [-0.39, 0.29) is 0 Å². The number of carbonyl (C=O) groups excluding carboxylic acids is 1. The average Bonchev–Trinajstić information content (AvgIpc) is 2.06. The summed E-state index contributed by atoms with van der Waals surface area (Å²) in [5, 5.41) is 0. The van der Waals surface area contributed by atoms with Crippen LogP contribution < -0.4 is 0 Å². The zero-order chi connectivity index (χ0) is 7.68. The van der Waals surface area contributed by atoms with Crippen LogP contribution in [0.15, 0.2) is 0 Å². The van der Waals surface area contributed by atoms with E-state index in [1.54, 1.807) is 0 Å². The van der Waals surface area contributed by atoms with Gasteiger partial charge < -0.3 is 0 Å². The molecule has 0 aliphatic carbocycles. The minimum Gasteiger partial charge on any atom is -0.298 e. The number of carbonyl (C=O) groups is 1. The van der Waals surface area contributed by atoms with E-state index in [0.717, 1.165) is 32.4 Å². The van der Waals surface area contributed by atoms with Crippen LogP contribution in [-0.2, 0) is 4.79 Å². The normalized spacial score (nSPS) is 33.5. The second kappa shape index (κ2) is 2.94. The molecule has 2 aliphatic rings. The Hall–Kier alpha value is -0.370. The van der Waals surface area contributed by atoms with Gasteiger partial charge in [0.1, 0.15) is 5.78 Å². The van der Waals surface area contributed by atoms with Gasteiger partial charge in [0.25, 0.3) is 0 Å². The van der Waals surface area contributed by atoms with Gasteiger partial charge in [0, 0.05) is 6.42 Å². The molecule has 0 N–H and O–H groups in total. The number of Topliss-reactive ketones (excluding diaryl/α,β-unsaturated/α-hetero) is 1. The summed E-state index contributed by atoms with van der Waals surface area (Å²) in [5.74, 6) is 0.496. The van der Waals surface area contributed by atoms with Crippen LogP contribution in [0.5, 0.6) is 0 Å². The fraction of sp³-hybridized carbons (Fsp3) is 0.889. The number of piperidine rings is 2. The highest BCUT2D eigenvalue weighted by Gasteiger charge is 2.30. The topological polar surface area (TPSA) is 20.3 Å². The summed E-state index contributed by atoms with van der Waals surface area (Å²) in [6.45, 7) is 2.33. The summed E-state index contributed by atoms with van der Waals surface area (Å²) in [5.41, 5.74) is 0. The fourth-order valence-corrected chi connectivity index (χ4v) is 2.25. The van der Waals surface area contributed by atoms with Crippen LogP contribution in [-0.4, -0.2) is 29.8 Å². The largest absolute Gasteiger partial charge is 0.298 e. The standard InChI is InChI=1S/C9H15NO/c11-9-5-3-7-10-6-2-1-4-8(9)10/h8H,1-7H2/t8-/m1/s1. The van der Waals surface area contributed by atoms with Gasteiger partial charge in [-0.05, 0) is 32.4 Å². The van der Waals surface area contributed by atoms with Gasteiger partial charge in [0.2, 0.25) is 0 Å². The van der Waals surface area contributed by atoms with E-state index in [2.05, 4.69) is 4.90 Å². The molecule has 2 saturated heterocycles. The van der Waals surface area contributed by atoms with E-state index in [1.807, 2.05) is 0 Å². The van der Waals surface area contributed by atoms with Gasteiger partial charge in [-0.1, -0.05) is 6.42 Å². The van der Waals surface area contributed by atoms with Gasteiger partial charge in [0.15, 0.2) is 0 Å². The van der Waals surface area contributed by atoms with E-state index < -0.39 is 0 Å². The molecule has 0 unspecified atom stereocenters. The lowest BCUT2D eigenvalue weighted by Gasteiger charge is -2.37. The summed E-state index contributed by atoms with van der Waals surface area (Å²) in [7, 11) is 0. The fourth-order valence-electron chi connectivity index (χ4n) is 2.25. The molecular formula is C9H15NO. The predicted molar refractivity (Wildman–Crippen MR) is 43.5 cm³/mol. The van der Waals surface area contributed by atoms with E-state index in [1.165, 1.54) is 12.8 Å². The van der Waals surface area contributed by atoms with Gasteiger partial charge >= 0.3 is 0 Å². The first-order valence-corrected chi connectivity index (χ1v) is 4.65. The Bertz CT molecular complexity index is 165. The molecule has 2 rings (SSSR count). The third-order valence-corrected chi connectivity index (χ3v) is 2.85. The molecule has 0 spiro atoms. The van der Waals surface area contributed by atoms with E-state index in [4.69, 9.17) is 0 Å². The lowest BCUT2D eigenvalue weighted by molar-refractivity contribution is -0.128. The first-order chi connectivity index (χ1) is 5.38. The lowest BCUT2D eigenvalue weighted by Crippen LogP contribution is -2.48. The highest BCUT2D eigenvalue weighted by molar-refractivity contribution is 5.84. The molecule has 2 aliphatic heterocycles. The van der Waals surface area contributed by atoms with Crippen molar-refractivity contribution in [1.82, 2.24) is 4.90 Å². The molecule has 2 fully saturated rings. The molecule has 0 bridgehead atoms. The summed E-state index contributed by atoms with van der Waals surface area (Å²) in [4.78, 5) is 13.8. The number of fused-ring (bicyclic) bond motifs is 1. The van der Waals surface area contributed by atoms with Crippen molar-refractivity contribution < 1.29 is 4.79 Å². The number of hydrogen-bond donors (Lipinski definition) is 0. The van der Waals surface area contributed by atoms with Crippen LogP contribution >= 0.6 is 0 Å². The Balaban J connectivity index is 2.05. The minimum atomic E-state index is 0.317. The molecule has 2 nitrogen and oxygen atoms in total. The van der Waals surface area contributed by atoms with Crippen LogP contribution in [0.4, 0.5) is 0 Å². The van der Waals surface area contributed by atoms with Crippen molar-refractivity contribution >= 4 is 5.78 Å². The highest BCUT2D eigenvalue weighted by atomic mass is 16.1. The number of rotatable bonds is 0. The number of hydrogen-bond acceptors (Lipinski definition) is 2. The monoisotopic (exact) mass is 153 g/mol. The Kier molecular flexibility index (Phi) is 1.95. The summed E-state index contributed by atoms with van der Waals surface area (Å²) >= 11 is 0. The summed E-state index contributed by atoms with van der Waals surface area (Å²) < 4.78 is 0. The van der Waals surface area contributed by atoms with Gasteiger partial charge in [-0.15, -0.1) is 0 Å². The zero-order valence-electron chi connectivity index (χ0n) is 6.88.